The van der Waals surface area contributed by atoms with Gasteiger partial charge in [0.05, 0.1) is 0 Å². The van der Waals surface area contributed by atoms with E-state index in [4.69, 9.17) is 22.9 Å². The minimum absolute atomic E-state index is 0. The van der Waals surface area contributed by atoms with E-state index in [1.54, 1.807) is 0 Å². The summed E-state index contributed by atoms with van der Waals surface area (Å²) in [5, 5.41) is 0. The summed E-state index contributed by atoms with van der Waals surface area (Å²) in [7, 11) is 0. The molecule has 2 aromatic heterocycles. The van der Waals surface area contributed by atoms with Crippen molar-refractivity contribution < 1.29 is 5.48 Å². The Morgan fingerprint density at radius 1 is 0.571 bits per heavy atom. The van der Waals surface area contributed by atoms with Gasteiger partial charge in [-0.15, -0.1) is 0 Å². The highest BCUT2D eigenvalue weighted by molar-refractivity contribution is 5.40. The van der Waals surface area contributed by atoms with Crippen LogP contribution >= 0.6 is 0 Å². The van der Waals surface area contributed by atoms with Crippen molar-refractivity contribution >= 4 is 49.1 Å². The molecule has 112 valence electrons. The monoisotopic (exact) mass is 294 g/mol. The highest BCUT2D eigenvalue weighted by atomic mass is 16.0. The quantitative estimate of drug-likeness (QED) is 0.440. The number of anilines is 4. The van der Waals surface area contributed by atoms with Crippen LogP contribution in [-0.4, -0.2) is 48.8 Å². The molecule has 0 saturated heterocycles. The van der Waals surface area contributed by atoms with Crippen LogP contribution in [0.5, 0.6) is 0 Å². The summed E-state index contributed by atoms with van der Waals surface area (Å²) in [6, 6.07) is 0. The highest BCUT2D eigenvalue weighted by Crippen LogP contribution is 2.05. The SMILES string of the molecule is C=Nc1nc(N)nc(N)n1.C=Nc1nc(N)nc(N)n1.O. The summed E-state index contributed by atoms with van der Waals surface area (Å²) in [4.78, 5) is 28.3. The van der Waals surface area contributed by atoms with E-state index < -0.39 is 0 Å². The Bertz CT molecular complexity index is 533. The van der Waals surface area contributed by atoms with Crippen LogP contribution in [0.25, 0.3) is 0 Å². The summed E-state index contributed by atoms with van der Waals surface area (Å²) < 4.78 is 0. The molecule has 0 unspecified atom stereocenters. The van der Waals surface area contributed by atoms with Gasteiger partial charge in [0.25, 0.3) is 11.9 Å². The predicted octanol–water partition coefficient (Wildman–Crippen LogP) is -2.09. The van der Waals surface area contributed by atoms with Gasteiger partial charge in [-0.2, -0.15) is 29.9 Å². The summed E-state index contributed by atoms with van der Waals surface area (Å²) in [5.74, 6) is 0.490. The minimum atomic E-state index is 0. The Balaban J connectivity index is 0.000000364. The second-order valence-electron chi connectivity index (χ2n) is 3.02. The third kappa shape index (κ3) is 5.79. The topological polar surface area (TPSA) is 238 Å². The van der Waals surface area contributed by atoms with E-state index in [-0.39, 0.29) is 41.2 Å². The van der Waals surface area contributed by atoms with Gasteiger partial charge in [-0.1, -0.05) is 0 Å². The van der Waals surface area contributed by atoms with Crippen molar-refractivity contribution in [2.24, 2.45) is 9.98 Å². The van der Waals surface area contributed by atoms with Gasteiger partial charge in [0.1, 0.15) is 0 Å². The predicted molar refractivity (Wildman–Crippen MR) is 79.3 cm³/mol. The number of nitrogen functional groups attached to an aromatic ring is 4. The molecule has 13 heteroatoms. The van der Waals surface area contributed by atoms with Gasteiger partial charge < -0.3 is 28.4 Å². The largest absolute Gasteiger partial charge is 0.412 e. The molecule has 0 bridgehead atoms. The third-order valence-electron chi connectivity index (χ3n) is 1.60. The van der Waals surface area contributed by atoms with Crippen LogP contribution in [0.3, 0.4) is 0 Å². The molecule has 0 atom stereocenters. The van der Waals surface area contributed by atoms with Crippen LogP contribution in [0.4, 0.5) is 35.7 Å². The minimum Gasteiger partial charge on any atom is -0.412 e. The molecule has 2 aromatic rings. The average molecular weight is 294 g/mol. The average Bonchev–Trinajstić information content (AvgIpc) is 2.37. The Labute approximate surface area is 118 Å². The van der Waals surface area contributed by atoms with Gasteiger partial charge in [0.15, 0.2) is 0 Å². The summed E-state index contributed by atoms with van der Waals surface area (Å²) in [6.45, 7) is 6.40. The molecule has 0 radical (unpaired) electrons. The van der Waals surface area contributed by atoms with Crippen molar-refractivity contribution in [2.45, 2.75) is 0 Å². The molecule has 0 aliphatic heterocycles. The van der Waals surface area contributed by atoms with Gasteiger partial charge >= 0.3 is 0 Å². The van der Waals surface area contributed by atoms with Crippen molar-refractivity contribution in [1.29, 1.82) is 0 Å². The maximum Gasteiger partial charge on any atom is 0.255 e. The second-order valence-corrected chi connectivity index (χ2v) is 3.02. The van der Waals surface area contributed by atoms with Gasteiger partial charge in [0, 0.05) is 0 Å². The summed E-state index contributed by atoms with van der Waals surface area (Å²) in [5.41, 5.74) is 20.8. The first kappa shape index (κ1) is 17.5. The van der Waals surface area contributed by atoms with Crippen LogP contribution in [0.2, 0.25) is 0 Å². The second kappa shape index (κ2) is 7.85. The maximum absolute atomic E-state index is 5.20. The molecule has 21 heavy (non-hydrogen) atoms. The van der Waals surface area contributed by atoms with Gasteiger partial charge in [-0.05, 0) is 13.4 Å². The van der Waals surface area contributed by atoms with E-state index >= 15 is 0 Å². The first-order valence-corrected chi connectivity index (χ1v) is 4.92. The Morgan fingerprint density at radius 3 is 1.00 bits per heavy atom. The van der Waals surface area contributed by atoms with Crippen LogP contribution in [0.15, 0.2) is 9.98 Å². The normalized spacial score (nSPS) is 8.76. The standard InChI is InChI=1S/2C4H6N6.H2O/c2*1-7-4-9-2(5)8-3(6)10-4;/h2*1H2,(H4,5,6,8,9,10);1H2. The van der Waals surface area contributed by atoms with Crippen molar-refractivity contribution in [2.75, 3.05) is 22.9 Å². The molecule has 2 heterocycles. The van der Waals surface area contributed by atoms with E-state index in [9.17, 15) is 0 Å². The molecule has 0 aliphatic rings. The lowest BCUT2D eigenvalue weighted by molar-refractivity contribution is 0.824. The molecule has 0 saturated carbocycles. The van der Waals surface area contributed by atoms with Crippen molar-refractivity contribution in [3.8, 4) is 0 Å². The van der Waals surface area contributed by atoms with E-state index in [0.717, 1.165) is 0 Å². The van der Waals surface area contributed by atoms with Crippen molar-refractivity contribution in [1.82, 2.24) is 29.9 Å². The van der Waals surface area contributed by atoms with Gasteiger partial charge in [-0.3, -0.25) is 0 Å². The molecule has 13 nitrogen and oxygen atoms in total. The Kier molecular flexibility index (Phi) is 6.55. The first-order chi connectivity index (χ1) is 9.44. The number of aliphatic imine (C=N–C) groups is 2. The van der Waals surface area contributed by atoms with Crippen LogP contribution in [-0.2, 0) is 0 Å². The molecule has 0 fully saturated rings. The smallest absolute Gasteiger partial charge is 0.255 e. The van der Waals surface area contributed by atoms with Crippen LogP contribution in [0.1, 0.15) is 0 Å². The lowest BCUT2D eigenvalue weighted by Crippen LogP contribution is -2.01. The maximum atomic E-state index is 5.20. The number of nitrogens with two attached hydrogens (primary N) is 4. The number of nitrogens with zero attached hydrogens (tertiary/aromatic N) is 8. The highest BCUT2D eigenvalue weighted by Gasteiger charge is 1.97. The molecule has 0 aromatic carbocycles. The summed E-state index contributed by atoms with van der Waals surface area (Å²) in [6.07, 6.45) is 0. The van der Waals surface area contributed by atoms with Gasteiger partial charge in [0.2, 0.25) is 23.8 Å². The zero-order chi connectivity index (χ0) is 15.1. The molecule has 2 rings (SSSR count). The third-order valence-corrected chi connectivity index (χ3v) is 1.60. The fourth-order valence-electron chi connectivity index (χ4n) is 0.936. The molecule has 10 N–H and O–H groups in total. The van der Waals surface area contributed by atoms with Gasteiger partial charge in [-0.25, -0.2) is 9.98 Å². The number of hydrogen-bond acceptors (Lipinski definition) is 12. The fraction of sp³-hybridized carbons (Fsp3) is 0. The number of hydrogen-bond donors (Lipinski definition) is 4. The zero-order valence-corrected chi connectivity index (χ0v) is 10.8. The molecule has 0 aliphatic carbocycles. The Hall–Kier alpha value is -3.48. The molecular formula is C8H14N12O. The van der Waals surface area contributed by atoms with E-state index in [1.165, 1.54) is 0 Å². The molecule has 0 amide bonds. The number of aromatic nitrogens is 6. The van der Waals surface area contributed by atoms with E-state index in [1.807, 2.05) is 0 Å². The molecular weight excluding hydrogens is 280 g/mol. The zero-order valence-electron chi connectivity index (χ0n) is 10.8. The van der Waals surface area contributed by atoms with Crippen molar-refractivity contribution in [3.63, 3.8) is 0 Å². The number of rotatable bonds is 2. The lowest BCUT2D eigenvalue weighted by Gasteiger charge is -1.93. The van der Waals surface area contributed by atoms with Crippen LogP contribution in [0, 0.1) is 0 Å². The molecule has 0 spiro atoms. The summed E-state index contributed by atoms with van der Waals surface area (Å²) >= 11 is 0. The first-order valence-electron chi connectivity index (χ1n) is 4.92. The van der Waals surface area contributed by atoms with Crippen molar-refractivity contribution in [3.05, 3.63) is 0 Å². The lowest BCUT2D eigenvalue weighted by atomic mass is 10.8. The van der Waals surface area contributed by atoms with E-state index in [2.05, 4.69) is 53.3 Å². The van der Waals surface area contributed by atoms with E-state index in [0.29, 0.717) is 0 Å². The Morgan fingerprint density at radius 2 is 0.810 bits per heavy atom. The fourth-order valence-corrected chi connectivity index (χ4v) is 0.936. The van der Waals surface area contributed by atoms with Crippen LogP contribution < -0.4 is 22.9 Å².